The average Bonchev–Trinajstić information content (AvgIpc) is 2.31. The summed E-state index contributed by atoms with van der Waals surface area (Å²) in [5.74, 6) is 0. The van der Waals surface area contributed by atoms with Gasteiger partial charge in [-0.25, -0.2) is 0 Å². The minimum absolute atomic E-state index is 0.255. The topological polar surface area (TPSA) is 55.4 Å². The zero-order valence-corrected chi connectivity index (χ0v) is 10.0. The summed E-state index contributed by atoms with van der Waals surface area (Å²) < 4.78 is 30.8. The lowest BCUT2D eigenvalue weighted by molar-refractivity contribution is -0.0699. The molecule has 0 amide bonds. The van der Waals surface area contributed by atoms with E-state index in [4.69, 9.17) is 30.7 Å². The minimum Gasteiger partial charge on any atom is -0.387 e. The van der Waals surface area contributed by atoms with Gasteiger partial charge in [-0.1, -0.05) is 0 Å². The predicted molar refractivity (Wildman–Crippen MR) is 53.9 cm³/mol. The summed E-state index contributed by atoms with van der Waals surface area (Å²) in [5.41, 5.74) is -0.255. The first kappa shape index (κ1) is 12.2. The van der Waals surface area contributed by atoms with Gasteiger partial charge in [0.15, 0.2) is 0 Å². The van der Waals surface area contributed by atoms with Crippen LogP contribution in [0.15, 0.2) is 0 Å². The van der Waals surface area contributed by atoms with Crippen LogP contribution in [0.2, 0.25) is 0 Å². The Kier molecular flexibility index (Phi) is 4.33. The lowest BCUT2D eigenvalue weighted by atomic mass is 9.93. The molecule has 9 heteroatoms. The largest absolute Gasteiger partial charge is 0.387 e. The van der Waals surface area contributed by atoms with Crippen molar-refractivity contribution >= 4 is 25.3 Å². The molecular formula is C6H11BO6P2. The van der Waals surface area contributed by atoms with Gasteiger partial charge in [0.2, 0.25) is 0 Å². The molecule has 0 aliphatic carbocycles. The Bertz CT molecular complexity index is 178. The molecule has 0 bridgehead atoms. The van der Waals surface area contributed by atoms with E-state index >= 15 is 0 Å². The summed E-state index contributed by atoms with van der Waals surface area (Å²) in [7, 11) is 3.93. The van der Waals surface area contributed by atoms with Gasteiger partial charge in [0.25, 0.3) is 8.05 Å². The second-order valence-electron chi connectivity index (χ2n) is 3.33. The molecule has 0 saturated carbocycles. The van der Waals surface area contributed by atoms with Gasteiger partial charge in [-0.15, -0.1) is 0 Å². The summed E-state index contributed by atoms with van der Waals surface area (Å²) >= 11 is 0. The minimum atomic E-state index is -1.39. The lowest BCUT2D eigenvalue weighted by Crippen LogP contribution is -2.44. The molecule has 2 saturated heterocycles. The Morgan fingerprint density at radius 2 is 1.47 bits per heavy atom. The van der Waals surface area contributed by atoms with Crippen LogP contribution in [0.3, 0.4) is 0 Å². The third kappa shape index (κ3) is 2.87. The van der Waals surface area contributed by atoms with Gasteiger partial charge in [-0.3, -0.25) is 0 Å². The zero-order chi connectivity index (χ0) is 10.7. The van der Waals surface area contributed by atoms with Gasteiger partial charge in [0, 0.05) is 7.11 Å². The molecule has 6 nitrogen and oxygen atoms in total. The fourth-order valence-electron chi connectivity index (χ4n) is 1.25. The molecule has 84 valence electrons. The van der Waals surface area contributed by atoms with E-state index in [9.17, 15) is 0 Å². The molecule has 2 heterocycles. The van der Waals surface area contributed by atoms with E-state index in [2.05, 4.69) is 4.44 Å². The summed E-state index contributed by atoms with van der Waals surface area (Å²) in [4.78, 5) is 0. The highest BCUT2D eigenvalue weighted by Crippen LogP contribution is 2.52. The van der Waals surface area contributed by atoms with Gasteiger partial charge < -0.3 is 27.1 Å². The van der Waals surface area contributed by atoms with E-state index in [1.54, 1.807) is 7.11 Å². The molecule has 2 rings (SSSR count). The first-order valence-corrected chi connectivity index (χ1v) is 6.50. The first-order valence-electron chi connectivity index (χ1n) is 4.31. The second kappa shape index (κ2) is 5.34. The van der Waals surface area contributed by atoms with Crippen molar-refractivity contribution in [2.24, 2.45) is 5.41 Å². The van der Waals surface area contributed by atoms with Gasteiger partial charge >= 0.3 is 17.2 Å². The molecule has 0 aromatic carbocycles. The molecule has 0 aromatic rings. The van der Waals surface area contributed by atoms with Crippen molar-refractivity contribution in [1.82, 2.24) is 0 Å². The normalized spacial score (nSPS) is 41.9. The molecule has 0 unspecified atom stereocenters. The van der Waals surface area contributed by atoms with Gasteiger partial charge in [0.1, 0.15) is 0 Å². The number of hydrogen-bond acceptors (Lipinski definition) is 6. The highest BCUT2D eigenvalue weighted by Gasteiger charge is 2.43. The maximum atomic E-state index is 5.38. The average molecular weight is 252 g/mol. The number of rotatable bonds is 2. The summed E-state index contributed by atoms with van der Waals surface area (Å²) in [6.45, 7) is 1.92. The molecule has 2 aliphatic heterocycles. The summed E-state index contributed by atoms with van der Waals surface area (Å²) in [6, 6.07) is 0. The molecule has 1 spiro atoms. The molecule has 0 N–H and O–H groups in total. The quantitative estimate of drug-likeness (QED) is 0.544. The molecule has 0 atom stereocenters. The van der Waals surface area contributed by atoms with E-state index in [0.717, 1.165) is 0 Å². The van der Waals surface area contributed by atoms with Crippen molar-refractivity contribution in [3.8, 4) is 0 Å². The Morgan fingerprint density at radius 3 is 1.87 bits per heavy atom. The van der Waals surface area contributed by atoms with E-state index < -0.39 is 17.2 Å². The SMILES string of the molecule is [B]OP1OCC2(CO1)COP(OC)OC2. The Labute approximate surface area is 91.9 Å². The van der Waals surface area contributed by atoms with Crippen molar-refractivity contribution in [3.05, 3.63) is 0 Å². The first-order chi connectivity index (χ1) is 7.28. The molecule has 15 heavy (non-hydrogen) atoms. The van der Waals surface area contributed by atoms with Crippen LogP contribution in [0.25, 0.3) is 0 Å². The Morgan fingerprint density at radius 1 is 1.00 bits per heavy atom. The highest BCUT2D eigenvalue weighted by atomic mass is 31.2. The zero-order valence-electron chi connectivity index (χ0n) is 8.25. The van der Waals surface area contributed by atoms with Crippen LogP contribution in [-0.2, 0) is 27.1 Å². The molecule has 2 radical (unpaired) electrons. The van der Waals surface area contributed by atoms with Gasteiger partial charge in [0.05, 0.1) is 31.8 Å². The van der Waals surface area contributed by atoms with Crippen molar-refractivity contribution in [2.75, 3.05) is 33.5 Å². The number of hydrogen-bond donors (Lipinski definition) is 0. The fourth-order valence-corrected chi connectivity index (χ4v) is 3.25. The summed E-state index contributed by atoms with van der Waals surface area (Å²) in [5, 5.41) is 0. The molecule has 0 aromatic heterocycles. The van der Waals surface area contributed by atoms with Crippen LogP contribution in [0.1, 0.15) is 0 Å². The van der Waals surface area contributed by atoms with Crippen molar-refractivity contribution in [2.45, 2.75) is 0 Å². The van der Waals surface area contributed by atoms with Crippen LogP contribution in [0.4, 0.5) is 0 Å². The lowest BCUT2D eigenvalue weighted by Gasteiger charge is -2.41. The smallest absolute Gasteiger partial charge is 0.332 e. The van der Waals surface area contributed by atoms with E-state index in [0.29, 0.717) is 26.4 Å². The van der Waals surface area contributed by atoms with Crippen LogP contribution in [-0.4, -0.2) is 41.6 Å². The van der Waals surface area contributed by atoms with E-state index in [1.807, 2.05) is 0 Å². The van der Waals surface area contributed by atoms with Crippen molar-refractivity contribution in [3.63, 3.8) is 0 Å². The molecule has 2 aliphatic rings. The standard InChI is InChI=1S/C6H11BO6P2/c1-8-14-9-2-6(3-10-14)4-11-15(13-7)12-5-6/h2-5H2,1H3. The van der Waals surface area contributed by atoms with Gasteiger partial charge in [-0.05, 0) is 0 Å². The predicted octanol–water partition coefficient (Wildman–Crippen LogP) is 1.27. The maximum Gasteiger partial charge on any atom is 0.332 e. The second-order valence-corrected chi connectivity index (χ2v) is 5.83. The monoisotopic (exact) mass is 252 g/mol. The summed E-state index contributed by atoms with van der Waals surface area (Å²) in [6.07, 6.45) is 0. The van der Waals surface area contributed by atoms with Crippen LogP contribution >= 0.6 is 17.2 Å². The van der Waals surface area contributed by atoms with E-state index in [1.165, 1.54) is 0 Å². The highest BCUT2D eigenvalue weighted by molar-refractivity contribution is 7.42. The third-order valence-electron chi connectivity index (χ3n) is 2.14. The van der Waals surface area contributed by atoms with Crippen LogP contribution in [0.5, 0.6) is 0 Å². The molecule has 2 fully saturated rings. The van der Waals surface area contributed by atoms with Gasteiger partial charge in [-0.2, -0.15) is 0 Å². The van der Waals surface area contributed by atoms with Crippen molar-refractivity contribution in [1.29, 1.82) is 0 Å². The Balaban J connectivity index is 1.83. The van der Waals surface area contributed by atoms with Crippen molar-refractivity contribution < 1.29 is 27.1 Å². The third-order valence-corrected chi connectivity index (χ3v) is 3.97. The maximum absolute atomic E-state index is 5.38. The fraction of sp³-hybridized carbons (Fsp3) is 1.00. The Hall–Kier alpha value is 0.685. The molecular weight excluding hydrogens is 241 g/mol. The van der Waals surface area contributed by atoms with Crippen LogP contribution < -0.4 is 0 Å². The van der Waals surface area contributed by atoms with E-state index in [-0.39, 0.29) is 5.41 Å². The van der Waals surface area contributed by atoms with Crippen LogP contribution in [0, 0.1) is 5.41 Å².